The van der Waals surface area contributed by atoms with Crippen LogP contribution in [-0.2, 0) is 0 Å². The zero-order valence-corrected chi connectivity index (χ0v) is 15.5. The van der Waals surface area contributed by atoms with E-state index in [0.29, 0.717) is 17.1 Å². The Labute approximate surface area is 161 Å². The van der Waals surface area contributed by atoms with Gasteiger partial charge >= 0.3 is 0 Å². The van der Waals surface area contributed by atoms with Crippen molar-refractivity contribution < 1.29 is 9.15 Å². The molecule has 0 bridgehead atoms. The molecular weight excluding hydrogens is 350 g/mol. The number of pyridine rings is 2. The number of benzene rings is 2. The van der Waals surface area contributed by atoms with Gasteiger partial charge in [0, 0.05) is 16.5 Å². The molecule has 28 heavy (non-hydrogen) atoms. The molecule has 0 aliphatic carbocycles. The fourth-order valence-corrected chi connectivity index (χ4v) is 3.40. The Morgan fingerprint density at radius 1 is 0.786 bits per heavy atom. The minimum absolute atomic E-state index is 0.494. The van der Waals surface area contributed by atoms with Gasteiger partial charge in [0.1, 0.15) is 11.3 Å². The molecule has 2 aromatic carbocycles. The van der Waals surface area contributed by atoms with E-state index < -0.39 is 0 Å². The van der Waals surface area contributed by atoms with Crippen LogP contribution in [0.5, 0.6) is 5.75 Å². The van der Waals surface area contributed by atoms with Crippen molar-refractivity contribution in [3.63, 3.8) is 0 Å². The first-order valence-electron chi connectivity index (χ1n) is 9.01. The average Bonchev–Trinajstić information content (AvgIpc) is 3.18. The lowest BCUT2D eigenvalue weighted by atomic mass is 10.1. The number of oxazole rings is 1. The van der Waals surface area contributed by atoms with Crippen molar-refractivity contribution in [1.82, 2.24) is 15.0 Å². The van der Waals surface area contributed by atoms with Gasteiger partial charge in [0.05, 0.1) is 18.5 Å². The Hall–Kier alpha value is -3.73. The molecule has 3 heterocycles. The first-order chi connectivity index (χ1) is 13.7. The average molecular weight is 367 g/mol. The fraction of sp³-hybridized carbons (Fsp3) is 0.0870. The summed E-state index contributed by atoms with van der Waals surface area (Å²) in [6, 6.07) is 21.7. The maximum absolute atomic E-state index is 5.95. The lowest BCUT2D eigenvalue weighted by molar-refractivity contribution is 0.416. The minimum atomic E-state index is 0.494. The molecule has 0 atom stereocenters. The van der Waals surface area contributed by atoms with Crippen molar-refractivity contribution >= 4 is 22.1 Å². The summed E-state index contributed by atoms with van der Waals surface area (Å²) in [5.41, 5.74) is 5.45. The number of methoxy groups -OCH3 is 1. The number of rotatable bonds is 3. The molecule has 0 amide bonds. The molecule has 0 fully saturated rings. The Morgan fingerprint density at radius 3 is 2.39 bits per heavy atom. The van der Waals surface area contributed by atoms with Gasteiger partial charge in [-0.05, 0) is 43.3 Å². The molecule has 136 valence electrons. The molecule has 0 radical (unpaired) electrons. The van der Waals surface area contributed by atoms with Crippen LogP contribution in [-0.4, -0.2) is 22.1 Å². The summed E-state index contributed by atoms with van der Waals surface area (Å²) < 4.78 is 11.4. The van der Waals surface area contributed by atoms with Crippen LogP contribution in [0.3, 0.4) is 0 Å². The van der Waals surface area contributed by atoms with Crippen LogP contribution in [0.25, 0.3) is 44.8 Å². The SMILES string of the molecule is COc1ccccc1-c1ccc2c(C)nc3oc(-c4ccccc4)nc3c2n1. The van der Waals surface area contributed by atoms with E-state index in [2.05, 4.69) is 4.98 Å². The van der Waals surface area contributed by atoms with Crippen LogP contribution in [0.4, 0.5) is 0 Å². The summed E-state index contributed by atoms with van der Waals surface area (Å²) in [4.78, 5) is 14.2. The van der Waals surface area contributed by atoms with E-state index in [-0.39, 0.29) is 0 Å². The molecule has 5 aromatic rings. The molecule has 0 aliphatic heterocycles. The van der Waals surface area contributed by atoms with Crippen molar-refractivity contribution in [1.29, 1.82) is 0 Å². The predicted octanol–water partition coefficient (Wildman–Crippen LogP) is 5.42. The molecular formula is C23H17N3O2. The van der Waals surface area contributed by atoms with E-state index >= 15 is 0 Å². The number of nitrogens with zero attached hydrogens (tertiary/aromatic N) is 3. The fourth-order valence-electron chi connectivity index (χ4n) is 3.40. The highest BCUT2D eigenvalue weighted by Crippen LogP contribution is 2.33. The van der Waals surface area contributed by atoms with Crippen molar-refractivity contribution in [3.05, 3.63) is 72.4 Å². The summed E-state index contributed by atoms with van der Waals surface area (Å²) in [5, 5.41) is 0.957. The summed E-state index contributed by atoms with van der Waals surface area (Å²) in [6.45, 7) is 1.96. The van der Waals surface area contributed by atoms with Crippen LogP contribution >= 0.6 is 0 Å². The first-order valence-corrected chi connectivity index (χ1v) is 9.01. The molecule has 0 unspecified atom stereocenters. The molecule has 0 aliphatic rings. The number of hydrogen-bond donors (Lipinski definition) is 0. The van der Waals surface area contributed by atoms with Gasteiger partial charge in [-0.25, -0.2) is 15.0 Å². The smallest absolute Gasteiger partial charge is 0.249 e. The monoisotopic (exact) mass is 367 g/mol. The van der Waals surface area contributed by atoms with E-state index in [1.54, 1.807) is 7.11 Å². The number of hydrogen-bond acceptors (Lipinski definition) is 5. The highest BCUT2D eigenvalue weighted by atomic mass is 16.5. The van der Waals surface area contributed by atoms with Crippen LogP contribution in [0.1, 0.15) is 5.69 Å². The van der Waals surface area contributed by atoms with Gasteiger partial charge < -0.3 is 9.15 Å². The molecule has 0 spiro atoms. The Kier molecular flexibility index (Phi) is 3.79. The maximum Gasteiger partial charge on any atom is 0.249 e. The van der Waals surface area contributed by atoms with Crippen LogP contribution in [0.2, 0.25) is 0 Å². The van der Waals surface area contributed by atoms with Gasteiger partial charge in [-0.1, -0.05) is 30.3 Å². The van der Waals surface area contributed by atoms with Crippen LogP contribution < -0.4 is 4.74 Å². The third-order valence-electron chi connectivity index (χ3n) is 4.79. The van der Waals surface area contributed by atoms with Gasteiger partial charge in [-0.3, -0.25) is 0 Å². The summed E-state index contributed by atoms with van der Waals surface area (Å²) in [6.07, 6.45) is 0. The van der Waals surface area contributed by atoms with Crippen molar-refractivity contribution in [2.45, 2.75) is 6.92 Å². The molecule has 0 saturated carbocycles. The first kappa shape index (κ1) is 16.4. The van der Waals surface area contributed by atoms with Gasteiger partial charge in [-0.15, -0.1) is 0 Å². The highest BCUT2D eigenvalue weighted by Gasteiger charge is 2.16. The Balaban J connectivity index is 1.77. The van der Waals surface area contributed by atoms with Gasteiger partial charge in [0.2, 0.25) is 11.6 Å². The second-order valence-corrected chi connectivity index (χ2v) is 6.53. The normalized spacial score (nSPS) is 11.2. The summed E-state index contributed by atoms with van der Waals surface area (Å²) in [7, 11) is 1.66. The third kappa shape index (κ3) is 2.60. The van der Waals surface area contributed by atoms with Gasteiger partial charge in [0.25, 0.3) is 0 Å². The Bertz CT molecular complexity index is 1310. The zero-order valence-electron chi connectivity index (χ0n) is 15.5. The summed E-state index contributed by atoms with van der Waals surface area (Å²) in [5.74, 6) is 1.32. The van der Waals surface area contributed by atoms with Crippen LogP contribution in [0.15, 0.2) is 71.1 Å². The zero-order chi connectivity index (χ0) is 19.1. The van der Waals surface area contributed by atoms with Crippen molar-refractivity contribution in [2.24, 2.45) is 0 Å². The predicted molar refractivity (Wildman–Crippen MR) is 109 cm³/mol. The molecule has 3 aromatic heterocycles. The van der Waals surface area contributed by atoms with Crippen molar-refractivity contribution in [2.75, 3.05) is 7.11 Å². The maximum atomic E-state index is 5.95. The van der Waals surface area contributed by atoms with E-state index in [1.807, 2.05) is 73.7 Å². The molecule has 5 nitrogen and oxygen atoms in total. The third-order valence-corrected chi connectivity index (χ3v) is 4.79. The van der Waals surface area contributed by atoms with Gasteiger partial charge in [-0.2, -0.15) is 0 Å². The lowest BCUT2D eigenvalue weighted by Gasteiger charge is -2.09. The number of fused-ring (bicyclic) bond motifs is 3. The van der Waals surface area contributed by atoms with Gasteiger partial charge in [0.15, 0.2) is 5.52 Å². The van der Waals surface area contributed by atoms with E-state index in [0.717, 1.165) is 39.2 Å². The minimum Gasteiger partial charge on any atom is -0.496 e. The topological polar surface area (TPSA) is 61.0 Å². The Morgan fingerprint density at radius 2 is 1.57 bits per heavy atom. The largest absolute Gasteiger partial charge is 0.496 e. The second kappa shape index (κ2) is 6.46. The van der Waals surface area contributed by atoms with Crippen molar-refractivity contribution in [3.8, 4) is 28.5 Å². The number of para-hydroxylation sites is 1. The van der Waals surface area contributed by atoms with E-state index in [4.69, 9.17) is 19.1 Å². The van der Waals surface area contributed by atoms with E-state index in [1.165, 1.54) is 0 Å². The highest BCUT2D eigenvalue weighted by molar-refractivity contribution is 6.01. The molecule has 0 saturated heterocycles. The number of ether oxygens (including phenoxy) is 1. The molecule has 5 heteroatoms. The standard InChI is InChI=1S/C23H17N3O2/c1-14-16-12-13-18(17-10-6-7-11-19(17)27-2)25-20(16)21-23(24-14)28-22(26-21)15-8-4-3-5-9-15/h3-13H,1-2H3. The summed E-state index contributed by atoms with van der Waals surface area (Å²) >= 11 is 0. The second-order valence-electron chi connectivity index (χ2n) is 6.53. The van der Waals surface area contributed by atoms with Crippen LogP contribution in [0, 0.1) is 6.92 Å². The number of aryl methyl sites for hydroxylation is 1. The molecule has 5 rings (SSSR count). The molecule has 0 N–H and O–H groups in total. The number of aromatic nitrogens is 3. The quantitative estimate of drug-likeness (QED) is 0.426. The lowest BCUT2D eigenvalue weighted by Crippen LogP contribution is -1.93. The van der Waals surface area contributed by atoms with E-state index in [9.17, 15) is 0 Å².